The molecule has 2 aromatic carbocycles. The number of hydrogen-bond acceptors (Lipinski definition) is 4. The minimum Gasteiger partial charge on any atom is -0.341 e. The normalized spacial score (nSPS) is 15.3. The number of carbonyl (C=O) groups excluding carboxylic acids is 1. The summed E-state index contributed by atoms with van der Waals surface area (Å²) in [6, 6.07) is 16.7. The molecule has 0 N–H and O–H groups in total. The van der Waals surface area contributed by atoms with Gasteiger partial charge in [-0.2, -0.15) is 0 Å². The van der Waals surface area contributed by atoms with Crippen LogP contribution in [0.1, 0.15) is 17.7 Å². The Morgan fingerprint density at radius 3 is 2.59 bits per heavy atom. The topological polar surface area (TPSA) is 36.4 Å². The molecule has 1 aliphatic rings. The molecule has 29 heavy (non-hydrogen) atoms. The van der Waals surface area contributed by atoms with Crippen molar-refractivity contribution in [2.45, 2.75) is 19.4 Å². The Balaban J connectivity index is 1.31. The van der Waals surface area contributed by atoms with Gasteiger partial charge in [-0.25, -0.2) is 9.37 Å². The fourth-order valence-corrected chi connectivity index (χ4v) is 4.42. The number of amides is 1. The van der Waals surface area contributed by atoms with Gasteiger partial charge in [-0.15, -0.1) is 11.3 Å². The van der Waals surface area contributed by atoms with Crippen molar-refractivity contribution < 1.29 is 9.18 Å². The zero-order valence-corrected chi connectivity index (χ0v) is 17.1. The van der Waals surface area contributed by atoms with E-state index in [9.17, 15) is 9.18 Å². The third kappa shape index (κ3) is 5.28. The lowest BCUT2D eigenvalue weighted by molar-refractivity contribution is -0.130. The summed E-state index contributed by atoms with van der Waals surface area (Å²) in [4.78, 5) is 21.7. The van der Waals surface area contributed by atoms with Gasteiger partial charge in [-0.3, -0.25) is 9.69 Å². The minimum atomic E-state index is -0.209. The maximum atomic E-state index is 13.1. The Labute approximate surface area is 174 Å². The van der Waals surface area contributed by atoms with Gasteiger partial charge in [-0.1, -0.05) is 42.5 Å². The van der Waals surface area contributed by atoms with Crippen molar-refractivity contribution in [2.75, 3.05) is 26.2 Å². The highest BCUT2D eigenvalue weighted by Crippen LogP contribution is 2.23. The quantitative estimate of drug-likeness (QED) is 0.633. The van der Waals surface area contributed by atoms with Crippen molar-refractivity contribution in [3.63, 3.8) is 0 Å². The summed E-state index contributed by atoms with van der Waals surface area (Å²) in [6.07, 6.45) is 1.29. The Bertz CT molecular complexity index is 942. The van der Waals surface area contributed by atoms with E-state index in [2.05, 4.69) is 9.88 Å². The van der Waals surface area contributed by atoms with Gasteiger partial charge in [0, 0.05) is 43.7 Å². The monoisotopic (exact) mass is 409 g/mol. The summed E-state index contributed by atoms with van der Waals surface area (Å²) in [5, 5.41) is 2.94. The van der Waals surface area contributed by atoms with Crippen molar-refractivity contribution in [2.24, 2.45) is 0 Å². The molecular weight excluding hydrogens is 385 g/mol. The molecule has 0 aliphatic carbocycles. The number of carbonyl (C=O) groups is 1. The van der Waals surface area contributed by atoms with Gasteiger partial charge in [0.15, 0.2) is 0 Å². The zero-order valence-electron chi connectivity index (χ0n) is 16.3. The van der Waals surface area contributed by atoms with Gasteiger partial charge < -0.3 is 4.90 Å². The Hall–Kier alpha value is -2.57. The number of benzene rings is 2. The third-order valence-electron chi connectivity index (χ3n) is 5.17. The Kier molecular flexibility index (Phi) is 6.32. The average Bonchev–Trinajstić information content (AvgIpc) is 3.08. The van der Waals surface area contributed by atoms with E-state index in [-0.39, 0.29) is 11.7 Å². The second-order valence-corrected chi connectivity index (χ2v) is 8.18. The molecule has 0 unspecified atom stereocenters. The molecule has 2 heterocycles. The van der Waals surface area contributed by atoms with Crippen molar-refractivity contribution in [3.8, 4) is 10.6 Å². The molecule has 1 fully saturated rings. The molecule has 0 saturated carbocycles. The third-order valence-corrected chi connectivity index (χ3v) is 6.11. The molecule has 0 spiro atoms. The van der Waals surface area contributed by atoms with Crippen LogP contribution in [0.15, 0.2) is 60.0 Å². The standard InChI is InChI=1S/C23H24FN3OS/c24-20-9-7-18(8-10-20)16-26-11-4-12-27(14-13-26)22(28)15-21-17-29-23(25-21)19-5-2-1-3-6-19/h1-3,5-10,17H,4,11-16H2. The largest absolute Gasteiger partial charge is 0.341 e. The molecule has 1 aliphatic heterocycles. The van der Waals surface area contributed by atoms with Crippen LogP contribution in [-0.4, -0.2) is 46.9 Å². The van der Waals surface area contributed by atoms with Crippen molar-refractivity contribution in [3.05, 3.63) is 77.1 Å². The molecule has 1 aromatic heterocycles. The van der Waals surface area contributed by atoms with Crippen molar-refractivity contribution >= 4 is 17.2 Å². The van der Waals surface area contributed by atoms with E-state index in [0.29, 0.717) is 6.42 Å². The average molecular weight is 410 g/mol. The molecule has 6 heteroatoms. The summed E-state index contributed by atoms with van der Waals surface area (Å²) in [6.45, 7) is 4.05. The smallest absolute Gasteiger partial charge is 0.228 e. The maximum Gasteiger partial charge on any atom is 0.228 e. The van der Waals surface area contributed by atoms with Crippen molar-refractivity contribution in [1.82, 2.24) is 14.8 Å². The first-order chi connectivity index (χ1) is 14.2. The Morgan fingerprint density at radius 2 is 1.79 bits per heavy atom. The molecule has 4 nitrogen and oxygen atoms in total. The van der Waals surface area contributed by atoms with Gasteiger partial charge in [0.25, 0.3) is 0 Å². The summed E-state index contributed by atoms with van der Waals surface area (Å²) in [5.74, 6) is -0.0719. The van der Waals surface area contributed by atoms with Crippen LogP contribution in [-0.2, 0) is 17.8 Å². The van der Waals surface area contributed by atoms with Crippen LogP contribution in [0.5, 0.6) is 0 Å². The second kappa shape index (κ2) is 9.29. The van der Waals surface area contributed by atoms with Crippen LogP contribution in [0.3, 0.4) is 0 Å². The first kappa shape index (κ1) is 19.7. The predicted molar refractivity (Wildman–Crippen MR) is 114 cm³/mol. The lowest BCUT2D eigenvalue weighted by atomic mass is 10.2. The van der Waals surface area contributed by atoms with Gasteiger partial charge in [0.05, 0.1) is 12.1 Å². The van der Waals surface area contributed by atoms with E-state index in [4.69, 9.17) is 0 Å². The summed E-state index contributed by atoms with van der Waals surface area (Å²) in [7, 11) is 0. The van der Waals surface area contributed by atoms with E-state index < -0.39 is 0 Å². The molecule has 3 aromatic rings. The van der Waals surface area contributed by atoms with E-state index in [1.54, 1.807) is 11.3 Å². The number of rotatable bonds is 5. The lowest BCUT2D eigenvalue weighted by Gasteiger charge is -2.22. The van der Waals surface area contributed by atoms with Gasteiger partial charge in [0.1, 0.15) is 10.8 Å². The highest BCUT2D eigenvalue weighted by atomic mass is 32.1. The van der Waals surface area contributed by atoms with E-state index in [1.807, 2.05) is 52.7 Å². The summed E-state index contributed by atoms with van der Waals surface area (Å²) in [5.41, 5.74) is 3.02. The highest BCUT2D eigenvalue weighted by molar-refractivity contribution is 7.13. The van der Waals surface area contributed by atoms with Crippen LogP contribution >= 0.6 is 11.3 Å². The fraction of sp³-hybridized carbons (Fsp3) is 0.304. The molecule has 150 valence electrons. The van der Waals surface area contributed by atoms with Gasteiger partial charge >= 0.3 is 0 Å². The molecule has 1 amide bonds. The molecule has 0 radical (unpaired) electrons. The van der Waals surface area contributed by atoms with E-state index in [0.717, 1.165) is 61.0 Å². The summed E-state index contributed by atoms with van der Waals surface area (Å²) >= 11 is 1.58. The first-order valence-electron chi connectivity index (χ1n) is 9.92. The fourth-order valence-electron chi connectivity index (χ4n) is 3.59. The van der Waals surface area contributed by atoms with Crippen molar-refractivity contribution in [1.29, 1.82) is 0 Å². The molecule has 1 saturated heterocycles. The molecular formula is C23H24FN3OS. The van der Waals surface area contributed by atoms with Crippen LogP contribution in [0.25, 0.3) is 10.6 Å². The molecule has 0 bridgehead atoms. The highest BCUT2D eigenvalue weighted by Gasteiger charge is 2.20. The van der Waals surface area contributed by atoms with Gasteiger partial charge in [0.2, 0.25) is 5.91 Å². The van der Waals surface area contributed by atoms with Crippen LogP contribution in [0.2, 0.25) is 0 Å². The lowest BCUT2D eigenvalue weighted by Crippen LogP contribution is -2.36. The van der Waals surface area contributed by atoms with E-state index >= 15 is 0 Å². The number of aromatic nitrogens is 1. The number of halogens is 1. The maximum absolute atomic E-state index is 13.1. The number of nitrogens with zero attached hydrogens (tertiary/aromatic N) is 3. The van der Waals surface area contributed by atoms with Gasteiger partial charge in [-0.05, 0) is 24.1 Å². The number of hydrogen-bond donors (Lipinski definition) is 0. The zero-order chi connectivity index (χ0) is 20.1. The molecule has 4 rings (SSSR count). The van der Waals surface area contributed by atoms with E-state index in [1.165, 1.54) is 12.1 Å². The second-order valence-electron chi connectivity index (χ2n) is 7.32. The summed E-state index contributed by atoms with van der Waals surface area (Å²) < 4.78 is 13.1. The SMILES string of the molecule is O=C(Cc1csc(-c2ccccc2)n1)N1CCCN(Cc2ccc(F)cc2)CC1. The minimum absolute atomic E-state index is 0.138. The van der Waals surface area contributed by atoms with Crippen LogP contribution < -0.4 is 0 Å². The Morgan fingerprint density at radius 1 is 1.00 bits per heavy atom. The number of thiazole rings is 1. The predicted octanol–water partition coefficient (Wildman–Crippen LogP) is 4.23. The van der Waals surface area contributed by atoms with Crippen LogP contribution in [0.4, 0.5) is 4.39 Å². The molecule has 0 atom stereocenters. The van der Waals surface area contributed by atoms with Crippen LogP contribution in [0, 0.1) is 5.82 Å². The first-order valence-corrected chi connectivity index (χ1v) is 10.8.